The zero-order chi connectivity index (χ0) is 7.02. The lowest BCUT2D eigenvalue weighted by molar-refractivity contribution is 0.123. The molecule has 4 heteroatoms. The van der Waals surface area contributed by atoms with Crippen LogP contribution in [0.3, 0.4) is 0 Å². The van der Waals surface area contributed by atoms with Crippen molar-refractivity contribution in [2.75, 3.05) is 14.1 Å². The van der Waals surface area contributed by atoms with E-state index in [0.29, 0.717) is 0 Å². The molecule has 0 saturated heterocycles. The summed E-state index contributed by atoms with van der Waals surface area (Å²) in [6.45, 7) is 1.98. The summed E-state index contributed by atoms with van der Waals surface area (Å²) in [4.78, 5) is 4.24. The summed E-state index contributed by atoms with van der Waals surface area (Å²) in [7, 11) is 3.97. The fraction of sp³-hybridized carbons (Fsp3) is 0.800. The van der Waals surface area contributed by atoms with E-state index in [1.54, 1.807) is 0 Å². The Bertz CT molecular complexity index is 145. The zero-order valence-corrected chi connectivity index (χ0v) is 7.38. The summed E-state index contributed by atoms with van der Waals surface area (Å²) < 4.78 is 0. The van der Waals surface area contributed by atoms with Crippen molar-refractivity contribution in [2.45, 2.75) is 12.0 Å². The van der Waals surface area contributed by atoms with Gasteiger partial charge < -0.3 is 0 Å². The van der Waals surface area contributed by atoms with Crippen LogP contribution in [0.15, 0.2) is 4.99 Å². The lowest BCUT2D eigenvalue weighted by Crippen LogP contribution is -2.36. The number of alkyl halides is 1. The normalized spacial score (nSPS) is 29.1. The van der Waals surface area contributed by atoms with Gasteiger partial charge in [0.15, 0.2) is 5.08 Å². The minimum absolute atomic E-state index is 0.127. The molecule has 0 spiro atoms. The number of hydrogen-bond donors (Lipinski definition) is 0. The third kappa shape index (κ3) is 1.09. The topological polar surface area (TPSA) is 18.8 Å². The zero-order valence-electron chi connectivity index (χ0n) is 5.80. The van der Waals surface area contributed by atoms with Crippen molar-refractivity contribution in [3.63, 3.8) is 0 Å². The molecule has 1 unspecified atom stereocenters. The van der Waals surface area contributed by atoms with Crippen LogP contribution in [0.4, 0.5) is 0 Å². The average molecular weight is 192 g/mol. The summed E-state index contributed by atoms with van der Waals surface area (Å²) >= 11 is 3.38. The molecule has 1 atom stereocenters. The maximum atomic E-state index is 4.24. The van der Waals surface area contributed by atoms with E-state index in [2.05, 4.69) is 20.9 Å². The second kappa shape index (κ2) is 2.27. The molecular formula is C5H10BrN3. The molecule has 52 valence electrons. The minimum Gasteiger partial charge on any atom is -0.294 e. The Hall–Kier alpha value is -0.0900. The Labute approximate surface area is 63.4 Å². The Morgan fingerprint density at radius 2 is 2.11 bits per heavy atom. The van der Waals surface area contributed by atoms with Gasteiger partial charge in [-0.3, -0.25) is 5.01 Å². The van der Waals surface area contributed by atoms with Crippen molar-refractivity contribution < 1.29 is 0 Å². The molecule has 0 aromatic rings. The van der Waals surface area contributed by atoms with Gasteiger partial charge in [-0.1, -0.05) is 0 Å². The van der Waals surface area contributed by atoms with Crippen molar-refractivity contribution in [3.05, 3.63) is 0 Å². The van der Waals surface area contributed by atoms with Gasteiger partial charge in [0.05, 0.1) is 0 Å². The molecule has 3 nitrogen and oxygen atoms in total. The Morgan fingerprint density at radius 3 is 2.22 bits per heavy atom. The number of halogens is 1. The van der Waals surface area contributed by atoms with E-state index in [9.17, 15) is 0 Å². The van der Waals surface area contributed by atoms with E-state index in [0.717, 1.165) is 5.84 Å². The van der Waals surface area contributed by atoms with Gasteiger partial charge in [-0.05, 0) is 22.9 Å². The van der Waals surface area contributed by atoms with E-state index in [-0.39, 0.29) is 5.08 Å². The van der Waals surface area contributed by atoms with Crippen molar-refractivity contribution in [2.24, 2.45) is 4.99 Å². The van der Waals surface area contributed by atoms with Gasteiger partial charge in [0, 0.05) is 14.1 Å². The smallest absolute Gasteiger partial charge is 0.176 e. The predicted molar refractivity (Wildman–Crippen MR) is 41.4 cm³/mol. The molecule has 1 aliphatic heterocycles. The number of rotatable bonds is 0. The minimum atomic E-state index is 0.127. The summed E-state index contributed by atoms with van der Waals surface area (Å²) in [5.74, 6) is 1.04. The Balaban J connectivity index is 2.70. The van der Waals surface area contributed by atoms with Gasteiger partial charge in [-0.2, -0.15) is 5.01 Å². The molecule has 9 heavy (non-hydrogen) atoms. The van der Waals surface area contributed by atoms with E-state index in [1.165, 1.54) is 0 Å². The van der Waals surface area contributed by atoms with E-state index < -0.39 is 0 Å². The third-order valence-corrected chi connectivity index (χ3v) is 2.34. The van der Waals surface area contributed by atoms with Gasteiger partial charge in [0.2, 0.25) is 0 Å². The van der Waals surface area contributed by atoms with Crippen molar-refractivity contribution in [1.29, 1.82) is 0 Å². The molecule has 0 aromatic carbocycles. The number of aliphatic imine (C=N–C) groups is 1. The lowest BCUT2D eigenvalue weighted by atomic mass is 10.7. The summed E-state index contributed by atoms with van der Waals surface area (Å²) in [5.41, 5.74) is 0. The highest BCUT2D eigenvalue weighted by molar-refractivity contribution is 9.09. The van der Waals surface area contributed by atoms with Crippen LogP contribution in [-0.4, -0.2) is 35.0 Å². The molecule has 0 aromatic heterocycles. The standard InChI is InChI=1S/C5H10BrN3/c1-4-7-5(6)9(3)8(4)2/h5H,1-3H3. The molecule has 0 fully saturated rings. The molecule has 0 saturated carbocycles. The SMILES string of the molecule is CC1=NC(Br)N(C)N1C. The maximum absolute atomic E-state index is 4.24. The molecule has 0 bridgehead atoms. The molecule has 0 N–H and O–H groups in total. The molecule has 0 aliphatic carbocycles. The van der Waals surface area contributed by atoms with Gasteiger partial charge in [-0.15, -0.1) is 0 Å². The highest BCUT2D eigenvalue weighted by Crippen LogP contribution is 2.16. The first-order valence-electron chi connectivity index (χ1n) is 2.78. The first-order valence-corrected chi connectivity index (χ1v) is 3.69. The van der Waals surface area contributed by atoms with Crippen LogP contribution in [0, 0.1) is 0 Å². The van der Waals surface area contributed by atoms with E-state index >= 15 is 0 Å². The molecule has 0 radical (unpaired) electrons. The first kappa shape index (κ1) is 7.02. The fourth-order valence-corrected chi connectivity index (χ4v) is 1.26. The monoisotopic (exact) mass is 191 g/mol. The van der Waals surface area contributed by atoms with Gasteiger partial charge in [-0.25, -0.2) is 4.99 Å². The third-order valence-electron chi connectivity index (χ3n) is 1.54. The number of nitrogens with zero attached hydrogens (tertiary/aromatic N) is 3. The Kier molecular flexibility index (Phi) is 1.77. The van der Waals surface area contributed by atoms with Crippen molar-refractivity contribution in [3.8, 4) is 0 Å². The fourth-order valence-electron chi connectivity index (χ4n) is 0.692. The van der Waals surface area contributed by atoms with Crippen LogP contribution in [0.1, 0.15) is 6.92 Å². The molecule has 1 rings (SSSR count). The largest absolute Gasteiger partial charge is 0.294 e. The second-order valence-electron chi connectivity index (χ2n) is 2.08. The van der Waals surface area contributed by atoms with Gasteiger partial charge in [0.25, 0.3) is 0 Å². The molecular weight excluding hydrogens is 182 g/mol. The molecule has 1 aliphatic rings. The van der Waals surface area contributed by atoms with Crippen LogP contribution in [0.2, 0.25) is 0 Å². The Morgan fingerprint density at radius 1 is 1.56 bits per heavy atom. The number of hydrazine groups is 1. The number of amidine groups is 1. The van der Waals surface area contributed by atoms with Crippen LogP contribution < -0.4 is 0 Å². The predicted octanol–water partition coefficient (Wildman–Crippen LogP) is 0.876. The van der Waals surface area contributed by atoms with Crippen molar-refractivity contribution in [1.82, 2.24) is 10.0 Å². The van der Waals surface area contributed by atoms with Gasteiger partial charge in [0.1, 0.15) is 5.84 Å². The van der Waals surface area contributed by atoms with Gasteiger partial charge >= 0.3 is 0 Å². The molecule has 1 heterocycles. The van der Waals surface area contributed by atoms with Crippen LogP contribution in [0.25, 0.3) is 0 Å². The number of hydrogen-bond acceptors (Lipinski definition) is 3. The highest BCUT2D eigenvalue weighted by atomic mass is 79.9. The quantitative estimate of drug-likeness (QED) is 0.419. The lowest BCUT2D eigenvalue weighted by Gasteiger charge is -2.22. The second-order valence-corrected chi connectivity index (χ2v) is 2.90. The van der Waals surface area contributed by atoms with Crippen molar-refractivity contribution >= 4 is 21.8 Å². The van der Waals surface area contributed by atoms with E-state index in [4.69, 9.17) is 0 Å². The summed E-state index contributed by atoms with van der Waals surface area (Å²) in [5, 5.41) is 4.14. The van der Waals surface area contributed by atoms with Crippen LogP contribution >= 0.6 is 15.9 Å². The summed E-state index contributed by atoms with van der Waals surface area (Å²) in [6, 6.07) is 0. The average Bonchev–Trinajstić information content (AvgIpc) is 1.98. The van der Waals surface area contributed by atoms with Crippen LogP contribution in [-0.2, 0) is 0 Å². The van der Waals surface area contributed by atoms with E-state index in [1.807, 2.05) is 31.0 Å². The maximum Gasteiger partial charge on any atom is 0.176 e. The summed E-state index contributed by atoms with van der Waals surface area (Å²) in [6.07, 6.45) is 0. The van der Waals surface area contributed by atoms with Crippen LogP contribution in [0.5, 0.6) is 0 Å². The first-order chi connectivity index (χ1) is 4.13. The highest BCUT2D eigenvalue weighted by Gasteiger charge is 2.21. The molecule has 0 amide bonds.